The first kappa shape index (κ1) is 14.2. The Balaban J connectivity index is 2.18. The normalized spacial score (nSPS) is 12.7. The zero-order valence-electron chi connectivity index (χ0n) is 12.7. The molecule has 1 aromatic heterocycles. The number of rotatable bonds is 4. The summed E-state index contributed by atoms with van der Waals surface area (Å²) in [5.41, 5.74) is 2.47. The minimum atomic E-state index is 0.215. The van der Waals surface area contributed by atoms with Crippen LogP contribution in [0, 0.1) is 13.8 Å². The topological polar surface area (TPSA) is 24.9 Å². The number of hydrogen-bond acceptors (Lipinski definition) is 3. The Morgan fingerprint density at radius 3 is 2.57 bits per heavy atom. The summed E-state index contributed by atoms with van der Waals surface area (Å²) in [4.78, 5) is 5.92. The molecule has 0 aliphatic rings. The number of aryl methyl sites for hydroxylation is 2. The molecule has 1 atom stereocenters. The first-order valence-electron chi connectivity index (χ1n) is 7.35. The highest BCUT2D eigenvalue weighted by molar-refractivity contribution is 7.11. The molecule has 0 radical (unpaired) electrons. The van der Waals surface area contributed by atoms with Gasteiger partial charge < -0.3 is 5.32 Å². The second-order valence-electron chi connectivity index (χ2n) is 5.24. The molecule has 3 rings (SSSR count). The molecule has 0 amide bonds. The number of thiazole rings is 1. The first-order chi connectivity index (χ1) is 10.2. The van der Waals surface area contributed by atoms with Crippen LogP contribution >= 0.6 is 11.3 Å². The van der Waals surface area contributed by atoms with Crippen molar-refractivity contribution in [1.82, 2.24) is 10.3 Å². The number of fused-ring (bicyclic) bond motifs is 1. The molecule has 0 aliphatic carbocycles. The van der Waals surface area contributed by atoms with Crippen molar-refractivity contribution in [2.45, 2.75) is 26.8 Å². The van der Waals surface area contributed by atoms with Crippen LogP contribution in [0.15, 0.2) is 42.5 Å². The van der Waals surface area contributed by atoms with E-state index in [0.29, 0.717) is 0 Å². The summed E-state index contributed by atoms with van der Waals surface area (Å²) in [6.07, 6.45) is 0. The van der Waals surface area contributed by atoms with E-state index in [4.69, 9.17) is 0 Å². The highest BCUT2D eigenvalue weighted by Gasteiger charge is 2.20. The third-order valence-electron chi connectivity index (χ3n) is 3.74. The van der Waals surface area contributed by atoms with Crippen molar-refractivity contribution in [1.29, 1.82) is 0 Å². The number of nitrogens with zero attached hydrogens (tertiary/aromatic N) is 1. The van der Waals surface area contributed by atoms with Crippen LogP contribution < -0.4 is 5.32 Å². The van der Waals surface area contributed by atoms with Gasteiger partial charge in [0.15, 0.2) is 0 Å². The predicted octanol–water partition coefficient (Wildman–Crippen LogP) is 4.61. The molecule has 0 saturated heterocycles. The molecule has 3 aromatic rings. The lowest BCUT2D eigenvalue weighted by atomic mass is 9.97. The van der Waals surface area contributed by atoms with Gasteiger partial charge in [-0.25, -0.2) is 4.98 Å². The zero-order chi connectivity index (χ0) is 14.8. The Kier molecular flexibility index (Phi) is 4.04. The molecule has 0 saturated carbocycles. The van der Waals surface area contributed by atoms with E-state index in [1.807, 2.05) is 0 Å². The van der Waals surface area contributed by atoms with Crippen LogP contribution in [0.2, 0.25) is 0 Å². The van der Waals surface area contributed by atoms with Crippen LogP contribution in [0.1, 0.15) is 34.1 Å². The molecule has 1 N–H and O–H groups in total. The molecule has 3 heteroatoms. The first-order valence-corrected chi connectivity index (χ1v) is 8.17. The molecule has 0 aliphatic heterocycles. The lowest BCUT2D eigenvalue weighted by Gasteiger charge is -2.19. The van der Waals surface area contributed by atoms with Crippen molar-refractivity contribution in [3.05, 3.63) is 63.6 Å². The van der Waals surface area contributed by atoms with Gasteiger partial charge in [0.1, 0.15) is 0 Å². The Hall–Kier alpha value is -1.71. The molecule has 2 aromatic carbocycles. The Bertz CT molecular complexity index is 756. The summed E-state index contributed by atoms with van der Waals surface area (Å²) in [6.45, 7) is 7.27. The van der Waals surface area contributed by atoms with Crippen LogP contribution in [0.3, 0.4) is 0 Å². The van der Waals surface area contributed by atoms with Crippen molar-refractivity contribution in [2.75, 3.05) is 6.54 Å². The van der Waals surface area contributed by atoms with Gasteiger partial charge in [0, 0.05) is 4.88 Å². The second-order valence-corrected chi connectivity index (χ2v) is 6.48. The predicted molar refractivity (Wildman–Crippen MR) is 91.1 cm³/mol. The van der Waals surface area contributed by atoms with Crippen molar-refractivity contribution in [3.63, 3.8) is 0 Å². The van der Waals surface area contributed by atoms with Crippen molar-refractivity contribution < 1.29 is 0 Å². The highest BCUT2D eigenvalue weighted by atomic mass is 32.1. The smallest absolute Gasteiger partial charge is 0.0900 e. The molecular weight excluding hydrogens is 276 g/mol. The van der Waals surface area contributed by atoms with Crippen LogP contribution in [-0.4, -0.2) is 11.5 Å². The summed E-state index contributed by atoms with van der Waals surface area (Å²) in [5, 5.41) is 7.37. The van der Waals surface area contributed by atoms with Gasteiger partial charge in [-0.2, -0.15) is 0 Å². The summed E-state index contributed by atoms with van der Waals surface area (Å²) < 4.78 is 0. The van der Waals surface area contributed by atoms with E-state index in [2.05, 4.69) is 73.5 Å². The largest absolute Gasteiger partial charge is 0.306 e. The van der Waals surface area contributed by atoms with Crippen LogP contribution in [0.25, 0.3) is 10.8 Å². The average Bonchev–Trinajstić information content (AvgIpc) is 2.83. The number of nitrogens with one attached hydrogen (secondary N) is 1. The minimum absolute atomic E-state index is 0.215. The summed E-state index contributed by atoms with van der Waals surface area (Å²) in [5.74, 6) is 0. The van der Waals surface area contributed by atoms with Gasteiger partial charge in [-0.3, -0.25) is 0 Å². The van der Waals surface area contributed by atoms with Crippen molar-refractivity contribution in [3.8, 4) is 0 Å². The monoisotopic (exact) mass is 296 g/mol. The van der Waals surface area contributed by atoms with E-state index in [0.717, 1.165) is 17.2 Å². The van der Waals surface area contributed by atoms with E-state index in [1.54, 1.807) is 11.3 Å². The van der Waals surface area contributed by atoms with Gasteiger partial charge in [-0.1, -0.05) is 49.4 Å². The number of hydrogen-bond donors (Lipinski definition) is 1. The van der Waals surface area contributed by atoms with Gasteiger partial charge in [0.25, 0.3) is 0 Å². The second kappa shape index (κ2) is 5.96. The summed E-state index contributed by atoms with van der Waals surface area (Å²) in [6, 6.07) is 15.3. The van der Waals surface area contributed by atoms with Crippen molar-refractivity contribution >= 4 is 22.1 Å². The number of benzene rings is 2. The molecule has 2 nitrogen and oxygen atoms in total. The van der Waals surface area contributed by atoms with Gasteiger partial charge in [-0.05, 0) is 36.7 Å². The molecule has 0 fully saturated rings. The molecule has 108 valence electrons. The molecule has 1 unspecified atom stereocenters. The van der Waals surface area contributed by atoms with Crippen LogP contribution in [-0.2, 0) is 0 Å². The Labute approximate surface area is 129 Å². The molecule has 0 spiro atoms. The third kappa shape index (κ3) is 2.71. The van der Waals surface area contributed by atoms with E-state index in [9.17, 15) is 0 Å². The minimum Gasteiger partial charge on any atom is -0.306 e. The van der Waals surface area contributed by atoms with E-state index < -0.39 is 0 Å². The van der Waals surface area contributed by atoms with Gasteiger partial charge in [0.05, 0.1) is 16.7 Å². The molecular formula is C18H20N2S. The van der Waals surface area contributed by atoms with E-state index in [-0.39, 0.29) is 6.04 Å². The lowest BCUT2D eigenvalue weighted by molar-refractivity contribution is 0.639. The van der Waals surface area contributed by atoms with Crippen LogP contribution in [0.5, 0.6) is 0 Å². The van der Waals surface area contributed by atoms with E-state index >= 15 is 0 Å². The Morgan fingerprint density at radius 2 is 1.86 bits per heavy atom. The quantitative estimate of drug-likeness (QED) is 0.760. The maximum atomic E-state index is 4.60. The third-order valence-corrected chi connectivity index (χ3v) is 4.88. The van der Waals surface area contributed by atoms with Gasteiger partial charge in [-0.15, -0.1) is 11.3 Å². The average molecular weight is 296 g/mol. The molecule has 21 heavy (non-hydrogen) atoms. The van der Waals surface area contributed by atoms with Gasteiger partial charge >= 0.3 is 0 Å². The fraction of sp³-hybridized carbons (Fsp3) is 0.278. The highest BCUT2D eigenvalue weighted by Crippen LogP contribution is 2.33. The van der Waals surface area contributed by atoms with Crippen molar-refractivity contribution in [2.24, 2.45) is 0 Å². The standard InChI is InChI=1S/C18H20N2S/c1-4-19-17(18-12(2)20-13(3)21-18)16-11-7-9-14-8-5-6-10-15(14)16/h5-11,17,19H,4H2,1-3H3. The maximum Gasteiger partial charge on any atom is 0.0900 e. The lowest BCUT2D eigenvalue weighted by Crippen LogP contribution is -2.22. The fourth-order valence-electron chi connectivity index (χ4n) is 2.87. The fourth-order valence-corrected chi connectivity index (χ4v) is 3.89. The molecule has 1 heterocycles. The Morgan fingerprint density at radius 1 is 1.10 bits per heavy atom. The maximum absolute atomic E-state index is 4.60. The summed E-state index contributed by atoms with van der Waals surface area (Å²) in [7, 11) is 0. The van der Waals surface area contributed by atoms with E-state index in [1.165, 1.54) is 21.2 Å². The SMILES string of the molecule is CCNC(c1sc(C)nc1C)c1cccc2ccccc12. The number of aromatic nitrogens is 1. The zero-order valence-corrected chi connectivity index (χ0v) is 13.5. The van der Waals surface area contributed by atoms with Crippen LogP contribution in [0.4, 0.5) is 0 Å². The summed E-state index contributed by atoms with van der Waals surface area (Å²) >= 11 is 1.79. The van der Waals surface area contributed by atoms with Gasteiger partial charge in [0.2, 0.25) is 0 Å². The molecule has 0 bridgehead atoms.